The molecule has 6 heteroatoms. The van der Waals surface area contributed by atoms with Crippen LogP contribution >= 0.6 is 23.2 Å². The molecule has 2 unspecified atom stereocenters. The maximum atomic E-state index is 13.4. The van der Waals surface area contributed by atoms with Gasteiger partial charge in [-0.3, -0.25) is 4.79 Å². The number of carbonyl (C=O) groups is 1. The smallest absolute Gasteiger partial charge is 0.226 e. The summed E-state index contributed by atoms with van der Waals surface area (Å²) < 4.78 is 0. The summed E-state index contributed by atoms with van der Waals surface area (Å²) in [6.07, 6.45) is 1.61. The van der Waals surface area contributed by atoms with Crippen molar-refractivity contribution in [2.24, 2.45) is 11.3 Å². The Morgan fingerprint density at radius 1 is 1.12 bits per heavy atom. The first-order valence-electron chi connectivity index (χ1n) is 10.8. The van der Waals surface area contributed by atoms with Crippen LogP contribution in [0.2, 0.25) is 10.0 Å². The fourth-order valence-electron chi connectivity index (χ4n) is 3.88. The quantitative estimate of drug-likeness (QED) is 0.352. The Morgan fingerprint density at radius 3 is 2.31 bits per heavy atom. The van der Waals surface area contributed by atoms with Crippen molar-refractivity contribution in [3.05, 3.63) is 82.4 Å². The van der Waals surface area contributed by atoms with Gasteiger partial charge in [-0.2, -0.15) is 0 Å². The normalized spacial score (nSPS) is 16.1. The van der Waals surface area contributed by atoms with Crippen LogP contribution in [0.25, 0.3) is 0 Å². The summed E-state index contributed by atoms with van der Waals surface area (Å²) in [6, 6.07) is 14.0. The van der Waals surface area contributed by atoms with Gasteiger partial charge in [-0.15, -0.1) is 6.58 Å². The number of hydrogen-bond acceptors (Lipinski definition) is 3. The molecule has 0 aliphatic heterocycles. The van der Waals surface area contributed by atoms with Crippen LogP contribution in [0, 0.1) is 11.3 Å². The number of amides is 1. The average Bonchev–Trinajstić information content (AvgIpc) is 2.75. The van der Waals surface area contributed by atoms with Crippen molar-refractivity contribution in [1.82, 2.24) is 5.32 Å². The Kier molecular flexibility index (Phi) is 9.78. The van der Waals surface area contributed by atoms with E-state index in [4.69, 9.17) is 23.2 Å². The highest BCUT2D eigenvalue weighted by Gasteiger charge is 2.39. The van der Waals surface area contributed by atoms with Crippen molar-refractivity contribution < 1.29 is 15.0 Å². The van der Waals surface area contributed by atoms with Crippen molar-refractivity contribution in [2.75, 3.05) is 6.61 Å². The number of aliphatic hydroxyl groups excluding tert-OH is 2. The minimum Gasteiger partial charge on any atom is -0.394 e. The van der Waals surface area contributed by atoms with Crippen molar-refractivity contribution in [2.45, 2.75) is 51.7 Å². The molecule has 4 atom stereocenters. The fourth-order valence-corrected chi connectivity index (χ4v) is 4.20. The van der Waals surface area contributed by atoms with Crippen LogP contribution in [0.5, 0.6) is 0 Å². The van der Waals surface area contributed by atoms with Gasteiger partial charge in [-0.05, 0) is 54.2 Å². The number of aliphatic hydroxyl groups is 2. The Hall–Kier alpha value is -1.85. The lowest BCUT2D eigenvalue weighted by atomic mass is 9.72. The molecule has 0 spiro atoms. The molecule has 4 nitrogen and oxygen atoms in total. The van der Waals surface area contributed by atoms with Gasteiger partial charge in [0.05, 0.1) is 24.2 Å². The number of nitrogens with one attached hydrogen (secondary N) is 1. The van der Waals surface area contributed by atoms with Gasteiger partial charge in [0.25, 0.3) is 0 Å². The molecule has 0 radical (unpaired) electrons. The van der Waals surface area contributed by atoms with Crippen LogP contribution in [0.3, 0.4) is 0 Å². The molecular weight excluding hydrogens is 445 g/mol. The number of halogens is 2. The maximum absolute atomic E-state index is 13.4. The summed E-state index contributed by atoms with van der Waals surface area (Å²) in [5, 5.41) is 25.2. The van der Waals surface area contributed by atoms with Crippen molar-refractivity contribution in [3.8, 4) is 0 Å². The lowest BCUT2D eigenvalue weighted by Crippen LogP contribution is -2.48. The molecule has 2 rings (SSSR count). The minimum absolute atomic E-state index is 0.0836. The van der Waals surface area contributed by atoms with Crippen molar-refractivity contribution in [3.63, 3.8) is 0 Å². The third-order valence-corrected chi connectivity index (χ3v) is 6.49. The fraction of sp³-hybridized carbons (Fsp3) is 0.423. The van der Waals surface area contributed by atoms with Gasteiger partial charge in [0.1, 0.15) is 0 Å². The summed E-state index contributed by atoms with van der Waals surface area (Å²) in [6.45, 7) is 9.47. The summed E-state index contributed by atoms with van der Waals surface area (Å²) in [5.41, 5.74) is 0.687. The highest BCUT2D eigenvalue weighted by atomic mass is 35.5. The van der Waals surface area contributed by atoms with Crippen molar-refractivity contribution >= 4 is 29.1 Å². The first-order valence-corrected chi connectivity index (χ1v) is 11.6. The molecule has 0 aliphatic rings. The van der Waals surface area contributed by atoms with Crippen LogP contribution in [-0.2, 0) is 4.79 Å². The zero-order chi connectivity index (χ0) is 23.9. The predicted molar refractivity (Wildman–Crippen MR) is 132 cm³/mol. The standard InChI is InChI=1S/C26H33Cl2NO3/c1-5-13-26(4,25(32)29-23(16-30)17(2)3)15-22(19-7-6-8-21(28)14-19)24(31)18-9-11-20(27)12-10-18/h5-12,14,17,22-24,30-31H,1,13,15-16H2,2-4H3,(H,29,32)/t22-,23-,24?,26?/m1/s1. The topological polar surface area (TPSA) is 69.6 Å². The molecule has 3 N–H and O–H groups in total. The zero-order valence-electron chi connectivity index (χ0n) is 18.9. The molecular formula is C26H33Cl2NO3. The first kappa shape index (κ1) is 26.4. The van der Waals surface area contributed by atoms with E-state index in [0.29, 0.717) is 28.5 Å². The predicted octanol–water partition coefficient (Wildman–Crippen LogP) is 5.92. The van der Waals surface area contributed by atoms with E-state index in [1.165, 1.54) is 0 Å². The van der Waals surface area contributed by atoms with E-state index in [1.807, 2.05) is 39.0 Å². The Balaban J connectivity index is 2.44. The van der Waals surface area contributed by atoms with Crippen LogP contribution in [-0.4, -0.2) is 28.8 Å². The van der Waals surface area contributed by atoms with Gasteiger partial charge in [-0.25, -0.2) is 0 Å². The Labute approximate surface area is 201 Å². The molecule has 174 valence electrons. The van der Waals surface area contributed by atoms with E-state index >= 15 is 0 Å². The molecule has 0 aliphatic carbocycles. The van der Waals surface area contributed by atoms with Gasteiger partial charge in [0, 0.05) is 16.0 Å². The number of allylic oxidation sites excluding steroid dienone is 1. The van der Waals surface area contributed by atoms with E-state index < -0.39 is 17.4 Å². The van der Waals surface area contributed by atoms with Gasteiger partial charge in [0.2, 0.25) is 5.91 Å². The Morgan fingerprint density at radius 2 is 1.78 bits per heavy atom. The second-order valence-corrected chi connectivity index (χ2v) is 9.79. The zero-order valence-corrected chi connectivity index (χ0v) is 20.4. The summed E-state index contributed by atoms with van der Waals surface area (Å²) in [7, 11) is 0. The SMILES string of the molecule is C=CCC(C)(C[C@H](c1cccc(Cl)c1)C(O)c1ccc(Cl)cc1)C(=O)N[C@H](CO)C(C)C. The van der Waals surface area contributed by atoms with Gasteiger partial charge in [0.15, 0.2) is 0 Å². The lowest BCUT2D eigenvalue weighted by Gasteiger charge is -2.35. The third kappa shape index (κ3) is 6.82. The molecule has 0 aromatic heterocycles. The average molecular weight is 478 g/mol. The highest BCUT2D eigenvalue weighted by Crippen LogP contribution is 2.43. The minimum atomic E-state index is -0.874. The lowest BCUT2D eigenvalue weighted by molar-refractivity contribution is -0.132. The Bertz CT molecular complexity index is 900. The molecule has 2 aromatic rings. The molecule has 2 aromatic carbocycles. The molecule has 0 saturated carbocycles. The van der Waals surface area contributed by atoms with Crippen molar-refractivity contribution in [1.29, 1.82) is 0 Å². The summed E-state index contributed by atoms with van der Waals surface area (Å²) in [5.74, 6) is -0.502. The van der Waals surface area contributed by atoms with Crippen LogP contribution in [0.15, 0.2) is 61.2 Å². The van der Waals surface area contributed by atoms with E-state index in [0.717, 1.165) is 5.56 Å². The molecule has 0 saturated heterocycles. The summed E-state index contributed by atoms with van der Waals surface area (Å²) >= 11 is 12.3. The number of benzene rings is 2. The number of hydrogen-bond donors (Lipinski definition) is 3. The van der Waals surface area contributed by atoms with E-state index in [9.17, 15) is 15.0 Å². The second kappa shape index (κ2) is 11.9. The number of rotatable bonds is 11. The second-order valence-electron chi connectivity index (χ2n) is 8.92. The molecule has 1 amide bonds. The van der Waals surface area contributed by atoms with Crippen LogP contribution in [0.1, 0.15) is 56.8 Å². The summed E-state index contributed by atoms with van der Waals surface area (Å²) in [4.78, 5) is 13.4. The molecule has 0 bridgehead atoms. The van der Waals surface area contributed by atoms with Gasteiger partial charge < -0.3 is 15.5 Å². The monoisotopic (exact) mass is 477 g/mol. The number of carbonyl (C=O) groups excluding carboxylic acids is 1. The van der Waals surface area contributed by atoms with E-state index in [2.05, 4.69) is 11.9 Å². The van der Waals surface area contributed by atoms with Crippen LogP contribution in [0.4, 0.5) is 0 Å². The maximum Gasteiger partial charge on any atom is 0.226 e. The molecule has 32 heavy (non-hydrogen) atoms. The first-order chi connectivity index (χ1) is 15.1. The molecule has 0 fully saturated rings. The van der Waals surface area contributed by atoms with E-state index in [-0.39, 0.29) is 24.5 Å². The van der Waals surface area contributed by atoms with Gasteiger partial charge in [-0.1, -0.05) is 74.3 Å². The van der Waals surface area contributed by atoms with E-state index in [1.54, 1.807) is 36.4 Å². The van der Waals surface area contributed by atoms with Crippen LogP contribution < -0.4 is 5.32 Å². The third-order valence-electron chi connectivity index (χ3n) is 6.00. The highest BCUT2D eigenvalue weighted by molar-refractivity contribution is 6.30. The van der Waals surface area contributed by atoms with Gasteiger partial charge >= 0.3 is 0 Å². The largest absolute Gasteiger partial charge is 0.394 e. The molecule has 0 heterocycles.